The number of hydrogen-bond donors (Lipinski definition) is 2. The van der Waals surface area contributed by atoms with Crippen molar-refractivity contribution in [2.45, 2.75) is 38.4 Å². The summed E-state index contributed by atoms with van der Waals surface area (Å²) in [7, 11) is 1.61. The van der Waals surface area contributed by atoms with Crippen LogP contribution in [0.1, 0.15) is 35.4 Å². The third kappa shape index (κ3) is 3.23. The number of carbonyl (C=O) groups is 2. The molecule has 2 aliphatic rings. The summed E-state index contributed by atoms with van der Waals surface area (Å²) in [5.74, 6) is 0.580. The van der Waals surface area contributed by atoms with Gasteiger partial charge >= 0.3 is 0 Å². The first-order valence-electron chi connectivity index (χ1n) is 9.59. The molecule has 1 saturated heterocycles. The van der Waals surface area contributed by atoms with Crippen molar-refractivity contribution in [2.75, 3.05) is 20.1 Å². The van der Waals surface area contributed by atoms with Gasteiger partial charge in [0.15, 0.2) is 5.69 Å². The number of nitrogens with zero attached hydrogens (tertiary/aromatic N) is 3. The van der Waals surface area contributed by atoms with Gasteiger partial charge in [-0.15, -0.1) is 0 Å². The molecular weight excluding hydrogens is 342 g/mol. The van der Waals surface area contributed by atoms with Gasteiger partial charge in [-0.25, -0.2) is 4.98 Å². The van der Waals surface area contributed by atoms with Gasteiger partial charge in [-0.05, 0) is 25.8 Å². The van der Waals surface area contributed by atoms with Crippen molar-refractivity contribution in [1.82, 2.24) is 25.1 Å². The molecule has 4 rings (SSSR count). The fourth-order valence-corrected chi connectivity index (χ4v) is 4.04. The van der Waals surface area contributed by atoms with Crippen molar-refractivity contribution in [1.29, 1.82) is 0 Å². The zero-order valence-electron chi connectivity index (χ0n) is 15.6. The average molecular weight is 367 g/mol. The SMILES string of the molecule is CNC(=O)[C@@H]1CCCN1C(=O)c1nc(-c2ccccc2)n2c1CNCCC2. The number of fused-ring (bicyclic) bond motifs is 1. The lowest BCUT2D eigenvalue weighted by molar-refractivity contribution is -0.124. The second-order valence-electron chi connectivity index (χ2n) is 7.05. The van der Waals surface area contributed by atoms with E-state index in [2.05, 4.69) is 15.2 Å². The maximum Gasteiger partial charge on any atom is 0.275 e. The second kappa shape index (κ2) is 7.52. The van der Waals surface area contributed by atoms with E-state index in [1.165, 1.54) is 0 Å². The number of likely N-dealkylation sites (N-methyl/N-ethyl adjacent to an activating group) is 1. The van der Waals surface area contributed by atoms with Crippen LogP contribution in [0, 0.1) is 0 Å². The number of carbonyl (C=O) groups excluding carboxylic acids is 2. The number of rotatable bonds is 3. The minimum Gasteiger partial charge on any atom is -0.357 e. The average Bonchev–Trinajstić information content (AvgIpc) is 3.26. The fourth-order valence-electron chi connectivity index (χ4n) is 4.04. The number of aromatic nitrogens is 2. The van der Waals surface area contributed by atoms with Gasteiger partial charge in [0.25, 0.3) is 5.91 Å². The lowest BCUT2D eigenvalue weighted by atomic mass is 10.2. The first-order valence-corrected chi connectivity index (χ1v) is 9.59. The van der Waals surface area contributed by atoms with Crippen molar-refractivity contribution < 1.29 is 9.59 Å². The summed E-state index contributed by atoms with van der Waals surface area (Å²) in [6.45, 7) is 2.94. The molecule has 0 radical (unpaired) electrons. The number of benzene rings is 1. The summed E-state index contributed by atoms with van der Waals surface area (Å²) in [5.41, 5.74) is 2.39. The summed E-state index contributed by atoms with van der Waals surface area (Å²) in [6.07, 6.45) is 2.52. The van der Waals surface area contributed by atoms with Crippen LogP contribution < -0.4 is 10.6 Å². The van der Waals surface area contributed by atoms with Crippen molar-refractivity contribution in [3.05, 3.63) is 41.7 Å². The predicted octanol–water partition coefficient (Wildman–Crippen LogP) is 1.39. The second-order valence-corrected chi connectivity index (χ2v) is 7.05. The van der Waals surface area contributed by atoms with E-state index in [-0.39, 0.29) is 11.8 Å². The molecule has 2 amide bonds. The molecule has 2 aliphatic heterocycles. The number of nitrogens with one attached hydrogen (secondary N) is 2. The van der Waals surface area contributed by atoms with Gasteiger partial charge in [0.2, 0.25) is 5.91 Å². The highest BCUT2D eigenvalue weighted by Gasteiger charge is 2.37. The third-order valence-corrected chi connectivity index (χ3v) is 5.40. The summed E-state index contributed by atoms with van der Waals surface area (Å²) < 4.78 is 2.16. The topological polar surface area (TPSA) is 79.3 Å². The normalized spacial score (nSPS) is 19.4. The summed E-state index contributed by atoms with van der Waals surface area (Å²) in [4.78, 5) is 32.0. The lowest BCUT2D eigenvalue weighted by Gasteiger charge is -2.23. The van der Waals surface area contributed by atoms with Crippen LogP contribution >= 0.6 is 0 Å². The van der Waals surface area contributed by atoms with Gasteiger partial charge in [-0.3, -0.25) is 9.59 Å². The molecule has 1 fully saturated rings. The zero-order valence-corrected chi connectivity index (χ0v) is 15.6. The molecule has 3 heterocycles. The van der Waals surface area contributed by atoms with E-state index in [1.54, 1.807) is 11.9 Å². The third-order valence-electron chi connectivity index (χ3n) is 5.40. The summed E-state index contributed by atoms with van der Waals surface area (Å²) in [6, 6.07) is 9.57. The molecule has 2 N–H and O–H groups in total. The Hall–Kier alpha value is -2.67. The number of amides is 2. The molecule has 0 unspecified atom stereocenters. The maximum atomic E-state index is 13.3. The van der Waals surface area contributed by atoms with Crippen molar-refractivity contribution in [3.63, 3.8) is 0 Å². The minimum absolute atomic E-state index is 0.104. The van der Waals surface area contributed by atoms with Crippen molar-refractivity contribution in [3.8, 4) is 11.4 Å². The number of imidazole rings is 1. The van der Waals surface area contributed by atoms with Crippen molar-refractivity contribution >= 4 is 11.8 Å². The van der Waals surface area contributed by atoms with Crippen LogP contribution in [0.4, 0.5) is 0 Å². The van der Waals surface area contributed by atoms with E-state index in [4.69, 9.17) is 4.98 Å². The molecule has 0 bridgehead atoms. The maximum absolute atomic E-state index is 13.3. The van der Waals surface area contributed by atoms with Gasteiger partial charge in [0, 0.05) is 32.2 Å². The molecule has 7 nitrogen and oxygen atoms in total. The zero-order chi connectivity index (χ0) is 18.8. The van der Waals surface area contributed by atoms with Gasteiger partial charge in [0.1, 0.15) is 11.9 Å². The standard InChI is InChI=1S/C20H25N5O2/c1-21-19(26)15-9-5-11-25(15)20(27)17-16-13-22-10-6-12-24(16)18(23-17)14-7-3-2-4-8-14/h2-4,7-8,15,22H,5-6,9-13H2,1H3,(H,21,26)/t15-/m0/s1. The predicted molar refractivity (Wildman–Crippen MR) is 102 cm³/mol. The van der Waals surface area contributed by atoms with E-state index in [0.29, 0.717) is 25.2 Å². The first-order chi connectivity index (χ1) is 13.2. The van der Waals surface area contributed by atoms with E-state index in [1.807, 2.05) is 30.3 Å². The Morgan fingerprint density at radius 3 is 2.78 bits per heavy atom. The molecule has 1 aromatic heterocycles. The monoisotopic (exact) mass is 367 g/mol. The molecule has 7 heteroatoms. The molecular formula is C20H25N5O2. The van der Waals surface area contributed by atoms with Crippen molar-refractivity contribution in [2.24, 2.45) is 0 Å². The Bertz CT molecular complexity index is 846. The Labute approximate surface area is 158 Å². The Morgan fingerprint density at radius 2 is 2.00 bits per heavy atom. The van der Waals surface area contributed by atoms with Crippen LogP contribution in [0.2, 0.25) is 0 Å². The van der Waals surface area contributed by atoms with Crippen LogP contribution in [-0.2, 0) is 17.9 Å². The van der Waals surface area contributed by atoms with Gasteiger partial charge in [-0.2, -0.15) is 0 Å². The molecule has 2 aromatic rings. The minimum atomic E-state index is -0.404. The summed E-state index contributed by atoms with van der Waals surface area (Å²) in [5, 5.41) is 6.06. The highest BCUT2D eigenvalue weighted by atomic mass is 16.2. The molecule has 142 valence electrons. The smallest absolute Gasteiger partial charge is 0.275 e. The molecule has 0 saturated carbocycles. The Balaban J connectivity index is 1.75. The number of likely N-dealkylation sites (tertiary alicyclic amines) is 1. The van der Waals surface area contributed by atoms with Gasteiger partial charge in [0.05, 0.1) is 5.69 Å². The van der Waals surface area contributed by atoms with E-state index in [0.717, 1.165) is 43.0 Å². The van der Waals surface area contributed by atoms with E-state index >= 15 is 0 Å². The van der Waals surface area contributed by atoms with E-state index in [9.17, 15) is 9.59 Å². The Kier molecular flexibility index (Phi) is 4.94. The fraction of sp³-hybridized carbons (Fsp3) is 0.450. The van der Waals surface area contributed by atoms with Crippen LogP contribution in [0.25, 0.3) is 11.4 Å². The first kappa shape index (κ1) is 17.7. The number of hydrogen-bond acceptors (Lipinski definition) is 4. The van der Waals surface area contributed by atoms with Crippen LogP contribution in [0.3, 0.4) is 0 Å². The largest absolute Gasteiger partial charge is 0.357 e. The van der Waals surface area contributed by atoms with E-state index < -0.39 is 6.04 Å². The highest BCUT2D eigenvalue weighted by Crippen LogP contribution is 2.27. The molecule has 27 heavy (non-hydrogen) atoms. The molecule has 0 spiro atoms. The lowest BCUT2D eigenvalue weighted by Crippen LogP contribution is -2.45. The molecule has 1 atom stereocenters. The molecule has 0 aliphatic carbocycles. The highest BCUT2D eigenvalue weighted by molar-refractivity contribution is 5.98. The van der Waals surface area contributed by atoms with Crippen LogP contribution in [-0.4, -0.2) is 52.4 Å². The van der Waals surface area contributed by atoms with Gasteiger partial charge in [-0.1, -0.05) is 30.3 Å². The van der Waals surface area contributed by atoms with Gasteiger partial charge < -0.3 is 20.1 Å². The quantitative estimate of drug-likeness (QED) is 0.859. The Morgan fingerprint density at radius 1 is 1.19 bits per heavy atom. The summed E-state index contributed by atoms with van der Waals surface area (Å²) >= 11 is 0. The van der Waals surface area contributed by atoms with Crippen LogP contribution in [0.15, 0.2) is 30.3 Å². The van der Waals surface area contributed by atoms with Crippen LogP contribution in [0.5, 0.6) is 0 Å². The molecule has 1 aromatic carbocycles.